The van der Waals surface area contributed by atoms with E-state index in [1.807, 2.05) is 114 Å². The van der Waals surface area contributed by atoms with Gasteiger partial charge in [0, 0.05) is 5.56 Å². The molecule has 5 nitrogen and oxygen atoms in total. The number of nitrogens with zero attached hydrogens (tertiary/aromatic N) is 2. The number of carbonyl (C=O) groups excluding carboxylic acids is 1. The molecule has 0 amide bonds. The standard InChI is InChI=1S/C31H26N2O3/c1-35-26-17-13-22(14-18-26)21-32-33-29(24-11-7-4-8-12-24)28(23-9-5-3-6-10-23)31(34)30(33)25-15-19-27(36-2)20-16-25/h3-21,30H,1-2H3/b32-21+. The molecule has 1 aliphatic rings. The number of Topliss-reactive ketones (excluding diaryl/α,β-unsaturated/α-hetero) is 1. The monoisotopic (exact) mass is 474 g/mol. The molecule has 5 heteroatoms. The third kappa shape index (κ3) is 4.51. The van der Waals surface area contributed by atoms with Gasteiger partial charge in [-0.15, -0.1) is 0 Å². The molecule has 1 unspecified atom stereocenters. The van der Waals surface area contributed by atoms with E-state index in [2.05, 4.69) is 0 Å². The number of methoxy groups -OCH3 is 2. The Bertz CT molecular complexity index is 1390. The first-order chi connectivity index (χ1) is 17.7. The minimum Gasteiger partial charge on any atom is -0.497 e. The van der Waals surface area contributed by atoms with Crippen molar-refractivity contribution < 1.29 is 14.3 Å². The summed E-state index contributed by atoms with van der Waals surface area (Å²) >= 11 is 0. The van der Waals surface area contributed by atoms with Gasteiger partial charge in [-0.05, 0) is 53.1 Å². The molecule has 36 heavy (non-hydrogen) atoms. The predicted octanol–water partition coefficient (Wildman–Crippen LogP) is 6.23. The molecule has 4 aromatic carbocycles. The highest BCUT2D eigenvalue weighted by Gasteiger charge is 2.41. The van der Waals surface area contributed by atoms with Crippen LogP contribution in [0.1, 0.15) is 28.3 Å². The van der Waals surface area contributed by atoms with Gasteiger partial charge in [0.05, 0.1) is 31.7 Å². The average Bonchev–Trinajstić information content (AvgIpc) is 3.24. The van der Waals surface area contributed by atoms with Crippen LogP contribution in [-0.4, -0.2) is 31.2 Å². The number of benzene rings is 4. The maximum absolute atomic E-state index is 14.1. The van der Waals surface area contributed by atoms with Crippen LogP contribution in [0, 0.1) is 0 Å². The summed E-state index contributed by atoms with van der Waals surface area (Å²) in [5, 5.41) is 6.73. The molecular weight excluding hydrogens is 448 g/mol. The van der Waals surface area contributed by atoms with Crippen molar-refractivity contribution in [2.24, 2.45) is 5.10 Å². The summed E-state index contributed by atoms with van der Waals surface area (Å²) in [6, 6.07) is 34.4. The van der Waals surface area contributed by atoms with Gasteiger partial charge >= 0.3 is 0 Å². The number of ketones is 1. The highest BCUT2D eigenvalue weighted by atomic mass is 16.5. The quantitative estimate of drug-likeness (QED) is 0.298. The van der Waals surface area contributed by atoms with Crippen LogP contribution >= 0.6 is 0 Å². The normalized spacial score (nSPS) is 15.6. The zero-order chi connectivity index (χ0) is 24.9. The topological polar surface area (TPSA) is 51.1 Å². The van der Waals surface area contributed by atoms with Crippen LogP contribution in [0.25, 0.3) is 11.3 Å². The molecule has 1 aliphatic heterocycles. The summed E-state index contributed by atoms with van der Waals surface area (Å²) < 4.78 is 10.6. The summed E-state index contributed by atoms with van der Waals surface area (Å²) in [4.78, 5) is 14.1. The van der Waals surface area contributed by atoms with E-state index in [-0.39, 0.29) is 5.78 Å². The summed E-state index contributed by atoms with van der Waals surface area (Å²) in [6.45, 7) is 0. The van der Waals surface area contributed by atoms with Gasteiger partial charge in [-0.25, -0.2) is 5.01 Å². The summed E-state index contributed by atoms with van der Waals surface area (Å²) in [7, 11) is 3.27. The lowest BCUT2D eigenvalue weighted by molar-refractivity contribution is -0.116. The lowest BCUT2D eigenvalue weighted by atomic mass is 9.95. The van der Waals surface area contributed by atoms with E-state index in [9.17, 15) is 4.79 Å². The highest BCUT2D eigenvalue weighted by Crippen LogP contribution is 2.45. The Balaban J connectivity index is 1.68. The fourth-order valence-electron chi connectivity index (χ4n) is 4.39. The van der Waals surface area contributed by atoms with Crippen LogP contribution in [0.2, 0.25) is 0 Å². The van der Waals surface area contributed by atoms with Crippen molar-refractivity contribution in [1.82, 2.24) is 5.01 Å². The van der Waals surface area contributed by atoms with Crippen molar-refractivity contribution in [2.75, 3.05) is 14.2 Å². The lowest BCUT2D eigenvalue weighted by Crippen LogP contribution is -2.22. The lowest BCUT2D eigenvalue weighted by Gasteiger charge is -2.24. The van der Waals surface area contributed by atoms with Gasteiger partial charge in [-0.2, -0.15) is 5.10 Å². The molecule has 0 radical (unpaired) electrons. The van der Waals surface area contributed by atoms with Crippen LogP contribution in [-0.2, 0) is 4.79 Å². The average molecular weight is 475 g/mol. The fourth-order valence-corrected chi connectivity index (χ4v) is 4.39. The Hall–Kier alpha value is -4.64. The molecule has 1 atom stereocenters. The van der Waals surface area contributed by atoms with Gasteiger partial charge in [-0.1, -0.05) is 72.8 Å². The van der Waals surface area contributed by atoms with Gasteiger partial charge < -0.3 is 9.47 Å². The number of carbonyl (C=O) groups is 1. The molecule has 0 aliphatic carbocycles. The number of rotatable bonds is 7. The first-order valence-electron chi connectivity index (χ1n) is 11.7. The van der Waals surface area contributed by atoms with Crippen molar-refractivity contribution in [1.29, 1.82) is 0 Å². The van der Waals surface area contributed by atoms with Crippen molar-refractivity contribution >= 4 is 23.3 Å². The number of hydrogen-bond donors (Lipinski definition) is 0. The third-order valence-electron chi connectivity index (χ3n) is 6.19. The second-order valence-corrected chi connectivity index (χ2v) is 8.36. The molecule has 178 valence electrons. The minimum absolute atomic E-state index is 0.00268. The van der Waals surface area contributed by atoms with Gasteiger partial charge in [0.1, 0.15) is 17.5 Å². The molecule has 0 fully saturated rings. The minimum atomic E-state index is -0.615. The van der Waals surface area contributed by atoms with Crippen LogP contribution in [0.3, 0.4) is 0 Å². The van der Waals surface area contributed by atoms with Crippen LogP contribution in [0.4, 0.5) is 0 Å². The summed E-state index contributed by atoms with van der Waals surface area (Å²) in [5.41, 5.74) is 4.95. The highest BCUT2D eigenvalue weighted by molar-refractivity contribution is 6.32. The molecule has 0 saturated carbocycles. The van der Waals surface area contributed by atoms with E-state index < -0.39 is 6.04 Å². The van der Waals surface area contributed by atoms with Crippen molar-refractivity contribution in [3.8, 4) is 11.5 Å². The van der Waals surface area contributed by atoms with Crippen LogP contribution < -0.4 is 9.47 Å². The zero-order valence-electron chi connectivity index (χ0n) is 20.2. The molecule has 4 aromatic rings. The number of hydrazone groups is 1. The fraction of sp³-hybridized carbons (Fsp3) is 0.0968. The predicted molar refractivity (Wildman–Crippen MR) is 143 cm³/mol. The number of hydrogen-bond acceptors (Lipinski definition) is 5. The summed E-state index contributed by atoms with van der Waals surface area (Å²) in [6.07, 6.45) is 1.78. The van der Waals surface area contributed by atoms with E-state index in [0.29, 0.717) is 5.57 Å². The largest absolute Gasteiger partial charge is 0.497 e. The number of ether oxygens (including phenoxy) is 2. The molecule has 0 saturated heterocycles. The van der Waals surface area contributed by atoms with E-state index >= 15 is 0 Å². The van der Waals surface area contributed by atoms with Crippen molar-refractivity contribution in [3.63, 3.8) is 0 Å². The Kier molecular flexibility index (Phi) is 6.63. The Morgan fingerprint density at radius 1 is 0.694 bits per heavy atom. The van der Waals surface area contributed by atoms with E-state index in [1.165, 1.54) is 0 Å². The van der Waals surface area contributed by atoms with Gasteiger partial charge in [-0.3, -0.25) is 4.79 Å². The SMILES string of the molecule is COc1ccc(/C=N/N2C(c3ccccc3)=C(c3ccccc3)C(=O)C2c2ccc(OC)cc2)cc1. The smallest absolute Gasteiger partial charge is 0.194 e. The van der Waals surface area contributed by atoms with Crippen molar-refractivity contribution in [3.05, 3.63) is 131 Å². The van der Waals surface area contributed by atoms with Crippen LogP contribution in [0.15, 0.2) is 114 Å². The molecule has 0 N–H and O–H groups in total. The third-order valence-corrected chi connectivity index (χ3v) is 6.19. The molecule has 0 bridgehead atoms. The van der Waals surface area contributed by atoms with E-state index in [0.717, 1.165) is 39.4 Å². The van der Waals surface area contributed by atoms with Crippen LogP contribution in [0.5, 0.6) is 11.5 Å². The van der Waals surface area contributed by atoms with E-state index in [4.69, 9.17) is 14.6 Å². The van der Waals surface area contributed by atoms with Gasteiger partial charge in [0.15, 0.2) is 5.78 Å². The first-order valence-corrected chi connectivity index (χ1v) is 11.7. The van der Waals surface area contributed by atoms with E-state index in [1.54, 1.807) is 20.4 Å². The zero-order valence-corrected chi connectivity index (χ0v) is 20.2. The first kappa shape index (κ1) is 23.1. The molecule has 0 aromatic heterocycles. The second-order valence-electron chi connectivity index (χ2n) is 8.36. The molecule has 1 heterocycles. The molecular formula is C31H26N2O3. The Morgan fingerprint density at radius 3 is 1.78 bits per heavy atom. The second kappa shape index (κ2) is 10.3. The maximum Gasteiger partial charge on any atom is 0.194 e. The van der Waals surface area contributed by atoms with Gasteiger partial charge in [0.2, 0.25) is 0 Å². The summed E-state index contributed by atoms with van der Waals surface area (Å²) in [5.74, 6) is 1.50. The molecule has 5 rings (SSSR count). The van der Waals surface area contributed by atoms with Crippen molar-refractivity contribution in [2.45, 2.75) is 6.04 Å². The van der Waals surface area contributed by atoms with Gasteiger partial charge in [0.25, 0.3) is 0 Å². The molecule has 0 spiro atoms. The Morgan fingerprint density at radius 2 is 1.22 bits per heavy atom. The Labute approximate surface area is 210 Å². The maximum atomic E-state index is 14.1.